The molecule has 0 amide bonds. The third-order valence-electron chi connectivity index (χ3n) is 3.51. The summed E-state index contributed by atoms with van der Waals surface area (Å²) in [6, 6.07) is 11.2. The van der Waals surface area contributed by atoms with Crippen molar-refractivity contribution in [2.45, 2.75) is 18.9 Å². The van der Waals surface area contributed by atoms with Crippen molar-refractivity contribution in [3.05, 3.63) is 46.6 Å². The van der Waals surface area contributed by atoms with E-state index in [9.17, 15) is 0 Å². The van der Waals surface area contributed by atoms with Crippen LogP contribution in [-0.4, -0.2) is 29.4 Å². The molecule has 2 heterocycles. The van der Waals surface area contributed by atoms with Crippen LogP contribution in [0.2, 0.25) is 10.2 Å². The number of hydrogen-bond donors (Lipinski definition) is 0. The Bertz CT molecular complexity index is 598. The molecule has 1 aromatic heterocycles. The molecule has 1 aliphatic heterocycles. The maximum absolute atomic E-state index is 6.12. The first-order valence-corrected chi connectivity index (χ1v) is 7.63. The minimum Gasteiger partial charge on any atom is -0.489 e. The largest absolute Gasteiger partial charge is 0.489 e. The van der Waals surface area contributed by atoms with Crippen LogP contribution in [0.1, 0.15) is 12.8 Å². The van der Waals surface area contributed by atoms with Gasteiger partial charge >= 0.3 is 0 Å². The molecule has 2 aromatic rings. The molecule has 3 rings (SSSR count). The summed E-state index contributed by atoms with van der Waals surface area (Å²) < 4.78 is 5.97. The third-order valence-corrected chi connectivity index (χ3v) is 4.03. The molecule has 1 saturated heterocycles. The van der Waals surface area contributed by atoms with Crippen LogP contribution >= 0.6 is 23.2 Å². The number of halogens is 2. The van der Waals surface area contributed by atoms with Gasteiger partial charge in [-0.05, 0) is 24.3 Å². The van der Waals surface area contributed by atoms with E-state index in [0.717, 1.165) is 37.5 Å². The van der Waals surface area contributed by atoms with Crippen molar-refractivity contribution in [3.8, 4) is 5.75 Å². The average Bonchev–Trinajstić information content (AvgIpc) is 2.51. The van der Waals surface area contributed by atoms with Gasteiger partial charge in [0, 0.05) is 25.9 Å². The molecule has 110 valence electrons. The summed E-state index contributed by atoms with van der Waals surface area (Å²) in [6.45, 7) is 1.76. The van der Waals surface area contributed by atoms with Crippen LogP contribution in [-0.2, 0) is 0 Å². The predicted octanol–water partition coefficient (Wildman–Crippen LogP) is 3.83. The van der Waals surface area contributed by atoms with Gasteiger partial charge in [-0.2, -0.15) is 0 Å². The molecular weight excluding hydrogens is 309 g/mol. The number of piperidine rings is 1. The summed E-state index contributed by atoms with van der Waals surface area (Å²) in [5.41, 5.74) is 0. The Balaban J connectivity index is 1.58. The zero-order chi connectivity index (χ0) is 14.7. The Hall–Kier alpha value is -1.52. The monoisotopic (exact) mass is 323 g/mol. The van der Waals surface area contributed by atoms with Crippen molar-refractivity contribution in [3.63, 3.8) is 0 Å². The van der Waals surface area contributed by atoms with Gasteiger partial charge in [0.1, 0.15) is 11.9 Å². The zero-order valence-corrected chi connectivity index (χ0v) is 12.9. The second-order valence-electron chi connectivity index (χ2n) is 4.95. The van der Waals surface area contributed by atoms with Crippen molar-refractivity contribution in [1.82, 2.24) is 10.2 Å². The zero-order valence-electron chi connectivity index (χ0n) is 11.4. The maximum atomic E-state index is 6.12. The van der Waals surface area contributed by atoms with Crippen LogP contribution in [0.5, 0.6) is 5.75 Å². The van der Waals surface area contributed by atoms with Gasteiger partial charge in [-0.15, -0.1) is 10.2 Å². The van der Waals surface area contributed by atoms with E-state index >= 15 is 0 Å². The summed E-state index contributed by atoms with van der Waals surface area (Å²) in [5.74, 6) is 1.61. The first-order valence-electron chi connectivity index (χ1n) is 6.88. The lowest BCUT2D eigenvalue weighted by atomic mass is 10.1. The molecule has 0 aliphatic carbocycles. The minimum atomic E-state index is 0.182. The highest BCUT2D eigenvalue weighted by molar-refractivity contribution is 6.32. The molecular formula is C15H15Cl2N3O. The Morgan fingerprint density at radius 3 is 2.43 bits per heavy atom. The van der Waals surface area contributed by atoms with Crippen LogP contribution in [0.15, 0.2) is 36.4 Å². The van der Waals surface area contributed by atoms with E-state index in [4.69, 9.17) is 27.9 Å². The van der Waals surface area contributed by atoms with Gasteiger partial charge < -0.3 is 9.64 Å². The highest BCUT2D eigenvalue weighted by Crippen LogP contribution is 2.27. The van der Waals surface area contributed by atoms with E-state index in [1.807, 2.05) is 30.3 Å². The lowest BCUT2D eigenvalue weighted by Gasteiger charge is -2.32. The molecule has 1 aromatic carbocycles. The van der Waals surface area contributed by atoms with Crippen LogP contribution in [0.25, 0.3) is 0 Å². The van der Waals surface area contributed by atoms with E-state index in [0.29, 0.717) is 10.2 Å². The number of anilines is 1. The van der Waals surface area contributed by atoms with Gasteiger partial charge in [0.2, 0.25) is 0 Å². The predicted molar refractivity (Wildman–Crippen MR) is 84.4 cm³/mol. The number of aromatic nitrogens is 2. The Morgan fingerprint density at radius 2 is 1.76 bits per heavy atom. The smallest absolute Gasteiger partial charge is 0.151 e. The lowest BCUT2D eigenvalue weighted by Crippen LogP contribution is -2.38. The number of ether oxygens (including phenoxy) is 1. The normalized spacial score (nSPS) is 16.0. The van der Waals surface area contributed by atoms with Crippen molar-refractivity contribution < 1.29 is 4.74 Å². The molecule has 21 heavy (non-hydrogen) atoms. The van der Waals surface area contributed by atoms with Gasteiger partial charge in [0.15, 0.2) is 11.0 Å². The molecule has 4 nitrogen and oxygen atoms in total. The third kappa shape index (κ3) is 3.57. The van der Waals surface area contributed by atoms with E-state index < -0.39 is 0 Å². The Morgan fingerprint density at radius 1 is 1.00 bits per heavy atom. The van der Waals surface area contributed by atoms with Gasteiger partial charge in [-0.3, -0.25) is 0 Å². The van der Waals surface area contributed by atoms with Crippen molar-refractivity contribution in [2.24, 2.45) is 0 Å². The quantitative estimate of drug-likeness (QED) is 0.860. The fourth-order valence-electron chi connectivity index (χ4n) is 2.40. The molecule has 1 fully saturated rings. The van der Waals surface area contributed by atoms with Crippen molar-refractivity contribution in [2.75, 3.05) is 18.0 Å². The van der Waals surface area contributed by atoms with Gasteiger partial charge in [-0.1, -0.05) is 35.3 Å². The van der Waals surface area contributed by atoms with Crippen LogP contribution < -0.4 is 9.64 Å². The first kappa shape index (κ1) is 14.4. The Kier molecular flexibility index (Phi) is 4.46. The summed E-state index contributed by atoms with van der Waals surface area (Å²) in [7, 11) is 0. The highest BCUT2D eigenvalue weighted by Gasteiger charge is 2.22. The average molecular weight is 324 g/mol. The molecule has 0 bridgehead atoms. The van der Waals surface area contributed by atoms with Gasteiger partial charge in [0.25, 0.3) is 0 Å². The fraction of sp³-hybridized carbons (Fsp3) is 0.333. The SMILES string of the molecule is Clc1ccc(N2CCC(Oc3ccccc3Cl)CC2)nn1. The highest BCUT2D eigenvalue weighted by atomic mass is 35.5. The maximum Gasteiger partial charge on any atom is 0.151 e. The van der Waals surface area contributed by atoms with Crippen LogP contribution in [0, 0.1) is 0 Å². The van der Waals surface area contributed by atoms with E-state index in [1.165, 1.54) is 0 Å². The number of benzene rings is 1. The molecule has 0 radical (unpaired) electrons. The molecule has 0 spiro atoms. The number of hydrogen-bond acceptors (Lipinski definition) is 4. The van der Waals surface area contributed by atoms with E-state index in [1.54, 1.807) is 6.07 Å². The number of nitrogens with zero attached hydrogens (tertiary/aromatic N) is 3. The van der Waals surface area contributed by atoms with E-state index in [2.05, 4.69) is 15.1 Å². The van der Waals surface area contributed by atoms with E-state index in [-0.39, 0.29) is 6.10 Å². The summed E-state index contributed by atoms with van der Waals surface area (Å²) in [4.78, 5) is 2.19. The summed E-state index contributed by atoms with van der Waals surface area (Å²) >= 11 is 11.9. The topological polar surface area (TPSA) is 38.2 Å². The minimum absolute atomic E-state index is 0.182. The molecule has 0 N–H and O–H groups in total. The first-order chi connectivity index (χ1) is 10.2. The number of rotatable bonds is 3. The van der Waals surface area contributed by atoms with Crippen LogP contribution in [0.3, 0.4) is 0 Å². The number of para-hydroxylation sites is 1. The molecule has 0 saturated carbocycles. The fourth-order valence-corrected chi connectivity index (χ4v) is 2.68. The molecule has 6 heteroatoms. The Labute approximate surface area is 133 Å². The van der Waals surface area contributed by atoms with Gasteiger partial charge in [0.05, 0.1) is 5.02 Å². The summed E-state index contributed by atoms with van der Waals surface area (Å²) in [5, 5.41) is 9.05. The van der Waals surface area contributed by atoms with Crippen LogP contribution in [0.4, 0.5) is 5.82 Å². The molecule has 1 aliphatic rings. The van der Waals surface area contributed by atoms with Crippen molar-refractivity contribution in [1.29, 1.82) is 0 Å². The second-order valence-corrected chi connectivity index (χ2v) is 5.74. The lowest BCUT2D eigenvalue weighted by molar-refractivity contribution is 0.171. The second kappa shape index (κ2) is 6.50. The summed E-state index contributed by atoms with van der Waals surface area (Å²) in [6.07, 6.45) is 2.03. The van der Waals surface area contributed by atoms with Gasteiger partial charge in [-0.25, -0.2) is 0 Å². The standard InChI is InChI=1S/C15H15Cl2N3O/c16-12-3-1-2-4-13(12)21-11-7-9-20(10-8-11)15-6-5-14(17)18-19-15/h1-6,11H,7-10H2. The molecule has 0 atom stereocenters. The van der Waals surface area contributed by atoms with Crippen molar-refractivity contribution >= 4 is 29.0 Å². The molecule has 0 unspecified atom stereocenters.